The second-order valence-electron chi connectivity index (χ2n) is 3.56. The molecule has 0 aliphatic carbocycles. The highest BCUT2D eigenvalue weighted by Crippen LogP contribution is 2.16. The van der Waals surface area contributed by atoms with E-state index in [1.165, 1.54) is 5.71 Å². The van der Waals surface area contributed by atoms with E-state index in [2.05, 4.69) is 22.6 Å². The molecular formula is C8H14N4. The van der Waals surface area contributed by atoms with Crippen molar-refractivity contribution in [2.45, 2.75) is 19.4 Å². The molecule has 1 N–H and O–H groups in total. The van der Waals surface area contributed by atoms with Crippen LogP contribution < -0.4 is 5.43 Å². The van der Waals surface area contributed by atoms with Crippen molar-refractivity contribution in [1.82, 2.24) is 10.4 Å². The summed E-state index contributed by atoms with van der Waals surface area (Å²) in [6.07, 6.45) is 3.08. The molecule has 12 heavy (non-hydrogen) atoms. The summed E-state index contributed by atoms with van der Waals surface area (Å²) in [7, 11) is 2.00. The Labute approximate surface area is 72.3 Å². The first-order chi connectivity index (χ1) is 5.75. The first-order valence-electron chi connectivity index (χ1n) is 4.29. The largest absolute Gasteiger partial charge is 0.306 e. The highest BCUT2D eigenvalue weighted by Gasteiger charge is 2.27. The van der Waals surface area contributed by atoms with Crippen molar-refractivity contribution in [3.63, 3.8) is 0 Å². The van der Waals surface area contributed by atoms with Gasteiger partial charge in [-0.2, -0.15) is 10.2 Å². The van der Waals surface area contributed by atoms with E-state index < -0.39 is 0 Å². The molecule has 0 aromatic carbocycles. The van der Waals surface area contributed by atoms with Crippen molar-refractivity contribution in [2.75, 3.05) is 13.6 Å². The van der Waals surface area contributed by atoms with E-state index in [0.717, 1.165) is 13.0 Å². The summed E-state index contributed by atoms with van der Waals surface area (Å²) in [5.41, 5.74) is 4.34. The number of rotatable bonds is 1. The summed E-state index contributed by atoms with van der Waals surface area (Å²) in [5, 5.41) is 10.4. The van der Waals surface area contributed by atoms with Gasteiger partial charge >= 0.3 is 0 Å². The van der Waals surface area contributed by atoms with Gasteiger partial charge in [-0.1, -0.05) is 0 Å². The van der Waals surface area contributed by atoms with E-state index in [-0.39, 0.29) is 0 Å². The fraction of sp³-hybridized carbons (Fsp3) is 0.750. The summed E-state index contributed by atoms with van der Waals surface area (Å²) in [4.78, 5) is 0. The van der Waals surface area contributed by atoms with Gasteiger partial charge in [-0.25, -0.2) is 0 Å². The lowest BCUT2D eigenvalue weighted by Crippen LogP contribution is -2.33. The summed E-state index contributed by atoms with van der Waals surface area (Å²) < 4.78 is 0. The third-order valence-corrected chi connectivity index (χ3v) is 2.38. The summed E-state index contributed by atoms with van der Waals surface area (Å²) in [5.74, 6) is 0.524. The maximum atomic E-state index is 4.20. The Bertz CT molecular complexity index is 233. The molecule has 2 rings (SSSR count). The lowest BCUT2D eigenvalue weighted by atomic mass is 9.98. The van der Waals surface area contributed by atoms with Gasteiger partial charge in [0.15, 0.2) is 0 Å². The van der Waals surface area contributed by atoms with Crippen molar-refractivity contribution >= 4 is 11.9 Å². The highest BCUT2D eigenvalue weighted by molar-refractivity contribution is 5.84. The van der Waals surface area contributed by atoms with E-state index in [1.54, 1.807) is 0 Å². The average molecular weight is 166 g/mol. The van der Waals surface area contributed by atoms with Gasteiger partial charge in [0.25, 0.3) is 0 Å². The predicted octanol–water partition coefficient (Wildman–Crippen LogP) is 0.272. The van der Waals surface area contributed by atoms with Crippen LogP contribution in [0.1, 0.15) is 13.3 Å². The van der Waals surface area contributed by atoms with Gasteiger partial charge in [0.2, 0.25) is 0 Å². The summed E-state index contributed by atoms with van der Waals surface area (Å²) in [6.45, 7) is 3.07. The van der Waals surface area contributed by atoms with Crippen LogP contribution in [0.4, 0.5) is 0 Å². The minimum atomic E-state index is 0.471. The van der Waals surface area contributed by atoms with Crippen LogP contribution in [0.5, 0.6) is 0 Å². The van der Waals surface area contributed by atoms with E-state index in [0.29, 0.717) is 12.0 Å². The van der Waals surface area contributed by atoms with Crippen LogP contribution in [0.2, 0.25) is 0 Å². The fourth-order valence-corrected chi connectivity index (χ4v) is 1.68. The Kier molecular flexibility index (Phi) is 1.75. The Hall–Kier alpha value is -1.06. The molecule has 0 radical (unpaired) electrons. The number of hydrogen-bond acceptors (Lipinski definition) is 4. The molecule has 2 unspecified atom stereocenters. The fourth-order valence-electron chi connectivity index (χ4n) is 1.68. The summed E-state index contributed by atoms with van der Waals surface area (Å²) >= 11 is 0. The van der Waals surface area contributed by atoms with Crippen molar-refractivity contribution in [3.8, 4) is 0 Å². The van der Waals surface area contributed by atoms with Crippen molar-refractivity contribution in [3.05, 3.63) is 0 Å². The van der Waals surface area contributed by atoms with Gasteiger partial charge in [0.1, 0.15) is 0 Å². The van der Waals surface area contributed by atoms with Crippen LogP contribution in [-0.4, -0.2) is 36.6 Å². The molecule has 2 atom stereocenters. The van der Waals surface area contributed by atoms with Gasteiger partial charge < -0.3 is 5.43 Å². The Morgan fingerprint density at radius 3 is 3.00 bits per heavy atom. The van der Waals surface area contributed by atoms with Gasteiger partial charge in [-0.3, -0.25) is 5.01 Å². The van der Waals surface area contributed by atoms with Gasteiger partial charge in [0, 0.05) is 37.9 Å². The SMILES string of the molecule is CC1=NNC(C2C=NN(C)C2)C1. The van der Waals surface area contributed by atoms with Gasteiger partial charge in [-0.15, -0.1) is 0 Å². The molecule has 4 nitrogen and oxygen atoms in total. The van der Waals surface area contributed by atoms with Crippen LogP contribution in [-0.2, 0) is 0 Å². The van der Waals surface area contributed by atoms with Gasteiger partial charge in [0.05, 0.1) is 6.04 Å². The van der Waals surface area contributed by atoms with Crippen LogP contribution in [0.3, 0.4) is 0 Å². The van der Waals surface area contributed by atoms with Crippen molar-refractivity contribution < 1.29 is 0 Å². The molecule has 66 valence electrons. The maximum Gasteiger partial charge on any atom is 0.0588 e. The minimum absolute atomic E-state index is 0.471. The maximum absolute atomic E-state index is 4.20. The van der Waals surface area contributed by atoms with E-state index >= 15 is 0 Å². The molecule has 2 aliphatic heterocycles. The molecule has 0 aromatic heterocycles. The molecule has 0 bridgehead atoms. The first kappa shape index (κ1) is 7.58. The minimum Gasteiger partial charge on any atom is -0.306 e. The molecule has 2 heterocycles. The van der Waals surface area contributed by atoms with E-state index in [1.807, 2.05) is 18.3 Å². The third kappa shape index (κ3) is 1.29. The topological polar surface area (TPSA) is 40.0 Å². The molecule has 0 aromatic rings. The molecular weight excluding hydrogens is 152 g/mol. The lowest BCUT2D eigenvalue weighted by Gasteiger charge is -2.16. The monoisotopic (exact) mass is 166 g/mol. The number of nitrogens with one attached hydrogen (secondary N) is 1. The second kappa shape index (κ2) is 2.77. The average Bonchev–Trinajstić information content (AvgIpc) is 2.58. The second-order valence-corrected chi connectivity index (χ2v) is 3.56. The third-order valence-electron chi connectivity index (χ3n) is 2.38. The van der Waals surface area contributed by atoms with Crippen molar-refractivity contribution in [1.29, 1.82) is 0 Å². The normalized spacial score (nSPS) is 33.8. The van der Waals surface area contributed by atoms with E-state index in [9.17, 15) is 0 Å². The first-order valence-corrected chi connectivity index (χ1v) is 4.29. The highest BCUT2D eigenvalue weighted by atomic mass is 15.5. The smallest absolute Gasteiger partial charge is 0.0588 e. The van der Waals surface area contributed by atoms with Crippen LogP contribution in [0.25, 0.3) is 0 Å². The molecule has 0 saturated heterocycles. The molecule has 0 saturated carbocycles. The Balaban J connectivity index is 1.92. The Morgan fingerprint density at radius 1 is 1.67 bits per heavy atom. The quantitative estimate of drug-likeness (QED) is 0.607. The van der Waals surface area contributed by atoms with Crippen molar-refractivity contribution in [2.24, 2.45) is 16.1 Å². The molecule has 0 amide bonds. The number of hydrogen-bond donors (Lipinski definition) is 1. The number of nitrogens with zero attached hydrogens (tertiary/aromatic N) is 3. The zero-order valence-electron chi connectivity index (χ0n) is 7.49. The molecule has 0 spiro atoms. The van der Waals surface area contributed by atoms with Crippen LogP contribution >= 0.6 is 0 Å². The lowest BCUT2D eigenvalue weighted by molar-refractivity contribution is 0.331. The number of hydrazone groups is 2. The molecule has 4 heteroatoms. The molecule has 2 aliphatic rings. The van der Waals surface area contributed by atoms with Gasteiger partial charge in [-0.05, 0) is 6.92 Å². The van der Waals surface area contributed by atoms with E-state index in [4.69, 9.17) is 0 Å². The summed E-state index contributed by atoms with van der Waals surface area (Å²) in [6, 6.07) is 0.471. The standard InChI is InChI=1S/C8H14N4/c1-6-3-8(11-10-6)7-4-9-12(2)5-7/h4,7-8,11H,3,5H2,1-2H3. The predicted molar refractivity (Wildman–Crippen MR) is 49.3 cm³/mol. The Morgan fingerprint density at radius 2 is 2.50 bits per heavy atom. The zero-order valence-corrected chi connectivity index (χ0v) is 7.49. The van der Waals surface area contributed by atoms with Crippen LogP contribution in [0, 0.1) is 5.92 Å². The molecule has 0 fully saturated rings. The van der Waals surface area contributed by atoms with Crippen LogP contribution in [0.15, 0.2) is 10.2 Å². The zero-order chi connectivity index (χ0) is 8.55.